The first-order valence-electron chi connectivity index (χ1n) is 10.2. The molecule has 1 saturated carbocycles. The summed E-state index contributed by atoms with van der Waals surface area (Å²) in [5, 5.41) is 17.2. The number of ether oxygens (including phenoxy) is 1. The molecule has 31 heavy (non-hydrogen) atoms. The first kappa shape index (κ1) is 19.3. The van der Waals surface area contributed by atoms with Gasteiger partial charge in [-0.25, -0.2) is 9.97 Å². The normalized spacial score (nSPS) is 15.2. The third-order valence-electron chi connectivity index (χ3n) is 5.18. The molecular weight excluding hydrogens is 396 g/mol. The molecule has 3 heterocycles. The molecule has 0 spiro atoms. The lowest BCUT2D eigenvalue weighted by Crippen LogP contribution is -2.15. The molecule has 0 atom stereocenters. The highest BCUT2D eigenvalue weighted by Gasteiger charge is 2.31. The maximum Gasteiger partial charge on any atom is 0.269 e. The van der Waals surface area contributed by atoms with Gasteiger partial charge in [-0.15, -0.1) is 0 Å². The molecule has 1 fully saturated rings. The van der Waals surface area contributed by atoms with E-state index in [2.05, 4.69) is 32.0 Å². The fourth-order valence-corrected chi connectivity index (χ4v) is 3.57. The molecule has 1 amide bonds. The van der Waals surface area contributed by atoms with Crippen LogP contribution in [-0.2, 0) is 6.54 Å². The number of nitrogens with two attached hydrogens (primary N) is 1. The summed E-state index contributed by atoms with van der Waals surface area (Å²) in [6, 6.07) is 5.48. The van der Waals surface area contributed by atoms with Crippen molar-refractivity contribution in [2.75, 3.05) is 6.61 Å². The van der Waals surface area contributed by atoms with Crippen LogP contribution < -0.4 is 10.5 Å². The average Bonchev–Trinajstić information content (AvgIpc) is 3.37. The molecule has 0 unspecified atom stereocenters. The molecule has 4 N–H and O–H groups in total. The molecule has 9 heteroatoms. The minimum absolute atomic E-state index is 0.134. The van der Waals surface area contributed by atoms with Crippen molar-refractivity contribution in [2.24, 2.45) is 5.73 Å². The molecule has 5 rings (SSSR count). The zero-order valence-corrected chi connectivity index (χ0v) is 17.3. The van der Waals surface area contributed by atoms with Gasteiger partial charge in [0.1, 0.15) is 29.5 Å². The zero-order valence-electron chi connectivity index (χ0n) is 17.3. The highest BCUT2D eigenvalue weighted by atomic mass is 16.5. The van der Waals surface area contributed by atoms with Crippen LogP contribution in [0.3, 0.4) is 0 Å². The SMILES string of the molecule is CC(C)(O)C#Cc1ccc2c(c1)-c1nc(C(N)=O)c(-c3nc(C4CC4)n[nH]3)n1CCO2. The summed E-state index contributed by atoms with van der Waals surface area (Å²) in [7, 11) is 0. The molecular formula is C22H22N6O3. The van der Waals surface area contributed by atoms with Gasteiger partial charge in [-0.1, -0.05) is 11.8 Å². The van der Waals surface area contributed by atoms with E-state index >= 15 is 0 Å². The number of nitrogens with one attached hydrogen (secondary N) is 1. The van der Waals surface area contributed by atoms with Crippen LogP contribution in [-0.4, -0.2) is 48.0 Å². The minimum atomic E-state index is -1.11. The third-order valence-corrected chi connectivity index (χ3v) is 5.18. The maximum absolute atomic E-state index is 12.2. The van der Waals surface area contributed by atoms with Crippen molar-refractivity contribution in [3.05, 3.63) is 35.3 Å². The first-order chi connectivity index (χ1) is 14.8. The molecule has 2 aliphatic rings. The Morgan fingerprint density at radius 3 is 2.87 bits per heavy atom. The van der Waals surface area contributed by atoms with Crippen molar-refractivity contribution in [3.8, 4) is 40.5 Å². The quantitative estimate of drug-likeness (QED) is 0.556. The van der Waals surface area contributed by atoms with Crippen LogP contribution in [0, 0.1) is 11.8 Å². The number of aromatic nitrogens is 5. The van der Waals surface area contributed by atoms with Gasteiger partial charge < -0.3 is 20.1 Å². The second-order valence-corrected chi connectivity index (χ2v) is 8.33. The van der Waals surface area contributed by atoms with Crippen LogP contribution in [0.15, 0.2) is 18.2 Å². The van der Waals surface area contributed by atoms with Crippen LogP contribution in [0.1, 0.15) is 54.5 Å². The van der Waals surface area contributed by atoms with Gasteiger partial charge in [0.15, 0.2) is 17.3 Å². The van der Waals surface area contributed by atoms with E-state index in [1.165, 1.54) is 0 Å². The number of primary amides is 1. The Balaban J connectivity index is 1.66. The molecule has 158 valence electrons. The smallest absolute Gasteiger partial charge is 0.269 e. The van der Waals surface area contributed by atoms with Crippen LogP contribution in [0.5, 0.6) is 5.75 Å². The molecule has 0 bridgehead atoms. The van der Waals surface area contributed by atoms with E-state index in [0.29, 0.717) is 53.3 Å². The van der Waals surface area contributed by atoms with Gasteiger partial charge in [-0.3, -0.25) is 9.89 Å². The van der Waals surface area contributed by atoms with Crippen LogP contribution in [0.4, 0.5) is 0 Å². The van der Waals surface area contributed by atoms with Crippen molar-refractivity contribution in [3.63, 3.8) is 0 Å². The van der Waals surface area contributed by atoms with E-state index in [0.717, 1.165) is 18.7 Å². The number of hydrogen-bond donors (Lipinski definition) is 3. The molecule has 3 aromatic rings. The number of imidazole rings is 1. The van der Waals surface area contributed by atoms with Crippen molar-refractivity contribution in [1.29, 1.82) is 0 Å². The summed E-state index contributed by atoms with van der Waals surface area (Å²) in [4.78, 5) is 21.4. The van der Waals surface area contributed by atoms with Crippen LogP contribution in [0.2, 0.25) is 0 Å². The Hall–Kier alpha value is -3.64. The van der Waals surface area contributed by atoms with E-state index in [1.807, 2.05) is 22.8 Å². The number of aliphatic hydroxyl groups is 1. The van der Waals surface area contributed by atoms with E-state index < -0.39 is 11.5 Å². The summed E-state index contributed by atoms with van der Waals surface area (Å²) in [6.45, 7) is 4.10. The molecule has 2 aromatic heterocycles. The van der Waals surface area contributed by atoms with Gasteiger partial charge in [-0.2, -0.15) is 5.10 Å². The minimum Gasteiger partial charge on any atom is -0.491 e. The summed E-state index contributed by atoms with van der Waals surface area (Å²) < 4.78 is 7.80. The topological polar surface area (TPSA) is 132 Å². The third kappa shape index (κ3) is 3.66. The highest BCUT2D eigenvalue weighted by Crippen LogP contribution is 2.40. The second-order valence-electron chi connectivity index (χ2n) is 8.33. The summed E-state index contributed by atoms with van der Waals surface area (Å²) in [5.74, 6) is 7.91. The predicted molar refractivity (Wildman–Crippen MR) is 112 cm³/mol. The van der Waals surface area contributed by atoms with Crippen molar-refractivity contribution in [1.82, 2.24) is 24.7 Å². The Morgan fingerprint density at radius 2 is 2.16 bits per heavy atom. The van der Waals surface area contributed by atoms with Crippen LogP contribution >= 0.6 is 0 Å². The molecule has 0 radical (unpaired) electrons. The molecule has 1 aliphatic heterocycles. The monoisotopic (exact) mass is 418 g/mol. The lowest BCUT2D eigenvalue weighted by atomic mass is 10.1. The number of fused-ring (bicyclic) bond motifs is 3. The Morgan fingerprint density at radius 1 is 1.35 bits per heavy atom. The Labute approximate surface area is 178 Å². The van der Waals surface area contributed by atoms with E-state index in [-0.39, 0.29) is 5.69 Å². The maximum atomic E-state index is 12.2. The first-order valence-corrected chi connectivity index (χ1v) is 10.2. The fraction of sp³-hybridized carbons (Fsp3) is 0.364. The molecule has 9 nitrogen and oxygen atoms in total. The summed E-state index contributed by atoms with van der Waals surface area (Å²) in [6.07, 6.45) is 2.14. The van der Waals surface area contributed by atoms with E-state index in [9.17, 15) is 9.90 Å². The molecule has 1 aliphatic carbocycles. The predicted octanol–water partition coefficient (Wildman–Crippen LogP) is 1.83. The van der Waals surface area contributed by atoms with E-state index in [1.54, 1.807) is 13.8 Å². The number of amides is 1. The van der Waals surface area contributed by atoms with Crippen molar-refractivity contribution >= 4 is 5.91 Å². The number of rotatable bonds is 3. The largest absolute Gasteiger partial charge is 0.491 e. The van der Waals surface area contributed by atoms with Crippen LogP contribution in [0.25, 0.3) is 22.9 Å². The standard InChI is InChI=1S/C22H22N6O3/c1-22(2,30)8-7-12-3-6-15-14(11-12)21-24-16(18(23)29)17(28(21)9-10-31-15)20-25-19(26-27-20)13-4-5-13/h3,6,11,13,30H,4-5,9-10H2,1-2H3,(H2,23,29)(H,25,26,27). The number of carbonyl (C=O) groups is 1. The van der Waals surface area contributed by atoms with Gasteiger partial charge in [0.05, 0.1) is 12.1 Å². The van der Waals surface area contributed by atoms with Gasteiger partial charge in [0.25, 0.3) is 5.91 Å². The number of carbonyl (C=O) groups excluding carboxylic acids is 1. The molecule has 0 saturated heterocycles. The Kier molecular flexibility index (Phi) is 4.34. The molecule has 1 aromatic carbocycles. The van der Waals surface area contributed by atoms with E-state index in [4.69, 9.17) is 10.5 Å². The number of aromatic amines is 1. The zero-order chi connectivity index (χ0) is 21.8. The lowest BCUT2D eigenvalue weighted by molar-refractivity contribution is 0.0996. The average molecular weight is 418 g/mol. The lowest BCUT2D eigenvalue weighted by Gasteiger charge is -2.08. The number of benzene rings is 1. The fourth-order valence-electron chi connectivity index (χ4n) is 3.57. The van der Waals surface area contributed by atoms with Crippen molar-refractivity contribution < 1.29 is 14.6 Å². The van der Waals surface area contributed by atoms with Gasteiger partial charge in [0, 0.05) is 11.5 Å². The number of H-pyrrole nitrogens is 1. The second kappa shape index (κ2) is 6.96. The highest BCUT2D eigenvalue weighted by molar-refractivity contribution is 5.97. The number of nitrogens with zero attached hydrogens (tertiary/aromatic N) is 4. The summed E-state index contributed by atoms with van der Waals surface area (Å²) >= 11 is 0. The van der Waals surface area contributed by atoms with Gasteiger partial charge in [0.2, 0.25) is 0 Å². The Bertz CT molecular complexity index is 1250. The van der Waals surface area contributed by atoms with Gasteiger partial charge >= 0.3 is 0 Å². The number of hydrogen-bond acceptors (Lipinski definition) is 6. The summed E-state index contributed by atoms with van der Waals surface area (Å²) in [5.41, 5.74) is 6.58. The van der Waals surface area contributed by atoms with Gasteiger partial charge in [-0.05, 0) is 44.9 Å². The van der Waals surface area contributed by atoms with Crippen molar-refractivity contribution in [2.45, 2.75) is 44.8 Å².